The van der Waals surface area contributed by atoms with Gasteiger partial charge >= 0.3 is 10.4 Å². The van der Waals surface area contributed by atoms with Crippen molar-refractivity contribution in [3.05, 3.63) is 29.8 Å². The summed E-state index contributed by atoms with van der Waals surface area (Å²) in [5, 5.41) is 0. The number of nitrogen functional groups attached to an aromatic ring is 1. The van der Waals surface area contributed by atoms with Crippen LogP contribution in [0.4, 0.5) is 5.69 Å². The summed E-state index contributed by atoms with van der Waals surface area (Å²) in [5.74, 6) is 0. The summed E-state index contributed by atoms with van der Waals surface area (Å²) < 4.78 is 56.0. The normalized spacial score (nSPS) is 13.3. The standard InChI is InChI=1S/C9H14N2O2S.H2O4S/c1-7(11-14(2,12)13)8-5-3-4-6-9(8)10;1-5(2,3)4/h3-7,11H,10H2,1-2H3;(H2,1,2,3,4). The first-order valence-electron chi connectivity index (χ1n) is 4.91. The molecule has 1 aromatic rings. The molecule has 110 valence electrons. The van der Waals surface area contributed by atoms with Gasteiger partial charge in [0.1, 0.15) is 0 Å². The smallest absolute Gasteiger partial charge is 0.394 e. The molecule has 0 radical (unpaired) electrons. The molecular weight excluding hydrogens is 296 g/mol. The van der Waals surface area contributed by atoms with Gasteiger partial charge in [-0.1, -0.05) is 18.2 Å². The molecule has 1 rings (SSSR count). The molecule has 0 aliphatic rings. The molecule has 0 saturated heterocycles. The third-order valence-corrected chi connectivity index (χ3v) is 2.64. The molecule has 0 fully saturated rings. The zero-order valence-electron chi connectivity index (χ0n) is 10.3. The van der Waals surface area contributed by atoms with Crippen molar-refractivity contribution in [1.29, 1.82) is 0 Å². The molecule has 5 N–H and O–H groups in total. The Balaban J connectivity index is 0.000000555. The van der Waals surface area contributed by atoms with Gasteiger partial charge in [0.25, 0.3) is 0 Å². The molecule has 0 aliphatic heterocycles. The lowest BCUT2D eigenvalue weighted by molar-refractivity contribution is 0.381. The summed E-state index contributed by atoms with van der Waals surface area (Å²) in [4.78, 5) is 0. The fraction of sp³-hybridized carbons (Fsp3) is 0.333. The molecular formula is C9H16N2O6S2. The van der Waals surface area contributed by atoms with Crippen molar-refractivity contribution >= 4 is 26.1 Å². The molecule has 0 aliphatic carbocycles. The van der Waals surface area contributed by atoms with Gasteiger partial charge in [-0.05, 0) is 18.6 Å². The van der Waals surface area contributed by atoms with Crippen LogP contribution in [0.3, 0.4) is 0 Å². The first-order valence-corrected chi connectivity index (χ1v) is 8.20. The maximum absolute atomic E-state index is 11.0. The van der Waals surface area contributed by atoms with Crippen molar-refractivity contribution < 1.29 is 25.9 Å². The Morgan fingerprint density at radius 1 is 1.16 bits per heavy atom. The molecule has 1 unspecified atom stereocenters. The van der Waals surface area contributed by atoms with Gasteiger partial charge in [0.15, 0.2) is 0 Å². The highest BCUT2D eigenvalue weighted by Crippen LogP contribution is 2.19. The Hall–Kier alpha value is -1.20. The molecule has 0 saturated carbocycles. The minimum Gasteiger partial charge on any atom is -0.398 e. The second-order valence-electron chi connectivity index (χ2n) is 3.69. The number of nitrogens with one attached hydrogen (secondary N) is 1. The summed E-state index contributed by atoms with van der Waals surface area (Å²) in [6.07, 6.45) is 1.13. The molecule has 0 spiro atoms. The van der Waals surface area contributed by atoms with Gasteiger partial charge in [-0.2, -0.15) is 8.42 Å². The average Bonchev–Trinajstić information content (AvgIpc) is 2.12. The molecule has 0 bridgehead atoms. The minimum atomic E-state index is -4.67. The van der Waals surface area contributed by atoms with E-state index in [9.17, 15) is 8.42 Å². The molecule has 10 heteroatoms. The predicted octanol–water partition coefficient (Wildman–Crippen LogP) is 0.226. The maximum atomic E-state index is 11.0. The summed E-state index contributed by atoms with van der Waals surface area (Å²) >= 11 is 0. The largest absolute Gasteiger partial charge is 0.398 e. The summed E-state index contributed by atoms with van der Waals surface area (Å²) in [6.45, 7) is 1.76. The molecule has 0 aromatic heterocycles. The average molecular weight is 312 g/mol. The van der Waals surface area contributed by atoms with E-state index >= 15 is 0 Å². The Labute approximate surface area is 112 Å². The molecule has 19 heavy (non-hydrogen) atoms. The van der Waals surface area contributed by atoms with E-state index in [0.29, 0.717) is 5.69 Å². The van der Waals surface area contributed by atoms with Crippen LogP contribution in [0.5, 0.6) is 0 Å². The van der Waals surface area contributed by atoms with Gasteiger partial charge < -0.3 is 5.73 Å². The number of para-hydroxylation sites is 1. The third-order valence-electron chi connectivity index (χ3n) is 1.85. The molecule has 8 nitrogen and oxygen atoms in total. The van der Waals surface area contributed by atoms with Gasteiger partial charge in [0.2, 0.25) is 10.0 Å². The van der Waals surface area contributed by atoms with E-state index in [1.54, 1.807) is 19.1 Å². The van der Waals surface area contributed by atoms with Crippen molar-refractivity contribution in [2.75, 3.05) is 12.0 Å². The van der Waals surface area contributed by atoms with E-state index in [1.165, 1.54) is 0 Å². The second-order valence-corrected chi connectivity index (χ2v) is 6.36. The van der Waals surface area contributed by atoms with E-state index in [4.69, 9.17) is 23.3 Å². The Morgan fingerprint density at radius 2 is 1.58 bits per heavy atom. The van der Waals surface area contributed by atoms with E-state index in [0.717, 1.165) is 11.8 Å². The van der Waals surface area contributed by atoms with Crippen molar-refractivity contribution in [3.8, 4) is 0 Å². The Kier molecular flexibility index (Phi) is 6.39. The van der Waals surface area contributed by atoms with Crippen LogP contribution in [0.2, 0.25) is 0 Å². The number of hydrogen-bond donors (Lipinski definition) is 4. The monoisotopic (exact) mass is 312 g/mol. The lowest BCUT2D eigenvalue weighted by Crippen LogP contribution is -2.25. The molecule has 0 heterocycles. The number of benzene rings is 1. The van der Waals surface area contributed by atoms with Gasteiger partial charge in [-0.25, -0.2) is 13.1 Å². The second kappa shape index (κ2) is 6.82. The van der Waals surface area contributed by atoms with Crippen LogP contribution in [-0.2, 0) is 20.4 Å². The van der Waals surface area contributed by atoms with Crippen LogP contribution < -0.4 is 10.5 Å². The van der Waals surface area contributed by atoms with Crippen LogP contribution in [-0.4, -0.2) is 32.2 Å². The van der Waals surface area contributed by atoms with Gasteiger partial charge in [0.05, 0.1) is 6.26 Å². The SMILES string of the molecule is CC(NS(C)(=O)=O)c1ccccc1N.O=S(=O)(O)O. The van der Waals surface area contributed by atoms with Crippen molar-refractivity contribution in [3.63, 3.8) is 0 Å². The fourth-order valence-electron chi connectivity index (χ4n) is 1.29. The third kappa shape index (κ3) is 10.4. The van der Waals surface area contributed by atoms with E-state index in [1.807, 2.05) is 12.1 Å². The van der Waals surface area contributed by atoms with Gasteiger partial charge in [0, 0.05) is 11.7 Å². The van der Waals surface area contributed by atoms with Crippen molar-refractivity contribution in [1.82, 2.24) is 4.72 Å². The van der Waals surface area contributed by atoms with E-state index < -0.39 is 20.4 Å². The summed E-state index contributed by atoms with van der Waals surface area (Å²) in [5.41, 5.74) is 7.09. The lowest BCUT2D eigenvalue weighted by atomic mass is 10.1. The first kappa shape index (κ1) is 17.8. The van der Waals surface area contributed by atoms with Crippen LogP contribution in [0.1, 0.15) is 18.5 Å². The Bertz CT molecular complexity index is 603. The van der Waals surface area contributed by atoms with Crippen molar-refractivity contribution in [2.24, 2.45) is 0 Å². The first-order chi connectivity index (χ1) is 8.40. The molecule has 0 amide bonds. The number of rotatable bonds is 3. The van der Waals surface area contributed by atoms with Crippen LogP contribution in [0.15, 0.2) is 24.3 Å². The zero-order chi connectivity index (χ0) is 15.3. The highest BCUT2D eigenvalue weighted by atomic mass is 32.3. The van der Waals surface area contributed by atoms with E-state index in [-0.39, 0.29) is 6.04 Å². The summed E-state index contributed by atoms with van der Waals surface area (Å²) in [6, 6.07) is 6.89. The van der Waals surface area contributed by atoms with Crippen molar-refractivity contribution in [2.45, 2.75) is 13.0 Å². The topological polar surface area (TPSA) is 147 Å². The number of sulfonamides is 1. The highest BCUT2D eigenvalue weighted by molar-refractivity contribution is 7.88. The Morgan fingerprint density at radius 3 is 1.95 bits per heavy atom. The van der Waals surface area contributed by atoms with E-state index in [2.05, 4.69) is 4.72 Å². The quantitative estimate of drug-likeness (QED) is 0.461. The zero-order valence-corrected chi connectivity index (χ0v) is 11.9. The molecule has 1 aromatic carbocycles. The lowest BCUT2D eigenvalue weighted by Gasteiger charge is -2.14. The predicted molar refractivity (Wildman–Crippen MR) is 71.4 cm³/mol. The summed E-state index contributed by atoms with van der Waals surface area (Å²) in [7, 11) is -7.86. The number of anilines is 1. The number of nitrogens with two attached hydrogens (primary N) is 1. The van der Waals surface area contributed by atoms with Crippen LogP contribution in [0, 0.1) is 0 Å². The maximum Gasteiger partial charge on any atom is 0.394 e. The van der Waals surface area contributed by atoms with Crippen LogP contribution >= 0.6 is 0 Å². The van der Waals surface area contributed by atoms with Gasteiger partial charge in [-0.3, -0.25) is 9.11 Å². The highest BCUT2D eigenvalue weighted by Gasteiger charge is 2.12. The fourth-order valence-corrected chi connectivity index (χ4v) is 2.06. The molecule has 1 atom stereocenters. The van der Waals surface area contributed by atoms with Crippen LogP contribution in [0.25, 0.3) is 0 Å². The minimum absolute atomic E-state index is 0.300. The number of hydrogen-bond acceptors (Lipinski definition) is 5. The van der Waals surface area contributed by atoms with Gasteiger partial charge in [-0.15, -0.1) is 0 Å².